The molecule has 1 aliphatic rings. The molecule has 1 aliphatic carbocycles. The summed E-state index contributed by atoms with van der Waals surface area (Å²) in [7, 11) is 0. The molecule has 1 aromatic carbocycles. The standard InChI is InChI=1S/C17H15F3N4/c18-17(19,20)14-3-1-13(2-4-14)16(6-7-16)22-10-12-9-21-15-5-8-23-24(15)11-12/h1-5,8-9,11,22H,6-7,10H2. The number of hydrogen-bond acceptors (Lipinski definition) is 3. The van der Waals surface area contributed by atoms with Crippen LogP contribution in [0.2, 0.25) is 0 Å². The zero-order valence-electron chi connectivity index (χ0n) is 12.7. The van der Waals surface area contributed by atoms with Gasteiger partial charge in [0.25, 0.3) is 0 Å². The summed E-state index contributed by atoms with van der Waals surface area (Å²) in [5.41, 5.74) is 1.80. The highest BCUT2D eigenvalue weighted by molar-refractivity contribution is 5.36. The van der Waals surface area contributed by atoms with E-state index in [4.69, 9.17) is 0 Å². The van der Waals surface area contributed by atoms with E-state index in [-0.39, 0.29) is 5.54 Å². The fourth-order valence-electron chi connectivity index (χ4n) is 2.88. The van der Waals surface area contributed by atoms with Gasteiger partial charge in [0.05, 0.1) is 11.8 Å². The SMILES string of the molecule is FC(F)(F)c1ccc(C2(NCc3cnc4ccnn4c3)CC2)cc1. The predicted octanol–water partition coefficient (Wildman–Crippen LogP) is 3.53. The van der Waals surface area contributed by atoms with Gasteiger partial charge in [-0.2, -0.15) is 18.3 Å². The Morgan fingerprint density at radius 3 is 2.54 bits per heavy atom. The lowest BCUT2D eigenvalue weighted by molar-refractivity contribution is -0.137. The number of halogens is 3. The zero-order valence-corrected chi connectivity index (χ0v) is 12.7. The highest BCUT2D eigenvalue weighted by Gasteiger charge is 2.44. The van der Waals surface area contributed by atoms with Crippen LogP contribution in [0.1, 0.15) is 29.5 Å². The van der Waals surface area contributed by atoms with Crippen LogP contribution in [-0.2, 0) is 18.3 Å². The van der Waals surface area contributed by atoms with Crippen molar-refractivity contribution in [2.75, 3.05) is 0 Å². The van der Waals surface area contributed by atoms with E-state index >= 15 is 0 Å². The molecule has 0 atom stereocenters. The van der Waals surface area contributed by atoms with E-state index in [9.17, 15) is 13.2 Å². The number of alkyl halides is 3. The zero-order chi connectivity index (χ0) is 16.8. The van der Waals surface area contributed by atoms with Crippen LogP contribution in [-0.4, -0.2) is 14.6 Å². The highest BCUT2D eigenvalue weighted by Crippen LogP contribution is 2.46. The summed E-state index contributed by atoms with van der Waals surface area (Å²) >= 11 is 0. The predicted molar refractivity (Wildman–Crippen MR) is 82.2 cm³/mol. The molecule has 4 rings (SSSR count). The lowest BCUT2D eigenvalue weighted by atomic mass is 10.0. The molecule has 0 bridgehead atoms. The fourth-order valence-corrected chi connectivity index (χ4v) is 2.88. The number of hydrogen-bond donors (Lipinski definition) is 1. The largest absolute Gasteiger partial charge is 0.416 e. The number of nitrogens with zero attached hydrogens (tertiary/aromatic N) is 3. The number of benzene rings is 1. The molecule has 1 fully saturated rings. The topological polar surface area (TPSA) is 42.2 Å². The molecule has 0 unspecified atom stereocenters. The van der Waals surface area contributed by atoms with Gasteiger partial charge in [0.2, 0.25) is 0 Å². The Labute approximate surface area is 136 Å². The summed E-state index contributed by atoms with van der Waals surface area (Å²) < 4.78 is 39.7. The maximum atomic E-state index is 12.7. The summed E-state index contributed by atoms with van der Waals surface area (Å²) in [6.45, 7) is 0.587. The van der Waals surface area contributed by atoms with Gasteiger partial charge in [-0.05, 0) is 30.5 Å². The van der Waals surface area contributed by atoms with Gasteiger partial charge < -0.3 is 5.32 Å². The minimum atomic E-state index is -4.30. The van der Waals surface area contributed by atoms with Crippen molar-refractivity contribution in [2.45, 2.75) is 31.1 Å². The molecule has 2 aromatic heterocycles. The van der Waals surface area contributed by atoms with Gasteiger partial charge in [-0.3, -0.25) is 0 Å². The number of aromatic nitrogens is 3. The van der Waals surface area contributed by atoms with Gasteiger partial charge in [-0.15, -0.1) is 0 Å². The van der Waals surface area contributed by atoms with Crippen molar-refractivity contribution >= 4 is 5.65 Å². The van der Waals surface area contributed by atoms with Crippen LogP contribution in [0.4, 0.5) is 13.2 Å². The first-order chi connectivity index (χ1) is 11.5. The molecule has 124 valence electrons. The van der Waals surface area contributed by atoms with E-state index in [1.807, 2.05) is 12.3 Å². The minimum absolute atomic E-state index is 0.233. The quantitative estimate of drug-likeness (QED) is 0.795. The molecule has 1 N–H and O–H groups in total. The van der Waals surface area contributed by atoms with E-state index in [1.54, 1.807) is 29.0 Å². The Balaban J connectivity index is 1.49. The second kappa shape index (κ2) is 5.31. The maximum absolute atomic E-state index is 12.7. The molecule has 0 spiro atoms. The van der Waals surface area contributed by atoms with Crippen LogP contribution < -0.4 is 5.32 Å². The van der Waals surface area contributed by atoms with Gasteiger partial charge in [0.1, 0.15) is 0 Å². The Bertz CT molecular complexity index is 863. The lowest BCUT2D eigenvalue weighted by Crippen LogP contribution is -2.28. The minimum Gasteiger partial charge on any atom is -0.303 e. The van der Waals surface area contributed by atoms with Crippen molar-refractivity contribution in [1.29, 1.82) is 0 Å². The third-order valence-electron chi connectivity index (χ3n) is 4.45. The van der Waals surface area contributed by atoms with Crippen LogP contribution >= 0.6 is 0 Å². The van der Waals surface area contributed by atoms with Gasteiger partial charge in [-0.25, -0.2) is 9.50 Å². The van der Waals surface area contributed by atoms with Gasteiger partial charge in [-0.1, -0.05) is 12.1 Å². The van der Waals surface area contributed by atoms with Gasteiger partial charge in [0, 0.05) is 36.1 Å². The Morgan fingerprint density at radius 2 is 1.88 bits per heavy atom. The first-order valence-corrected chi connectivity index (χ1v) is 7.67. The average molecular weight is 332 g/mol. The molecular weight excluding hydrogens is 317 g/mol. The van der Waals surface area contributed by atoms with Crippen molar-refractivity contribution in [1.82, 2.24) is 19.9 Å². The Morgan fingerprint density at radius 1 is 1.12 bits per heavy atom. The summed E-state index contributed by atoms with van der Waals surface area (Å²) in [6.07, 6.45) is 2.90. The molecular formula is C17H15F3N4. The summed E-state index contributed by atoms with van der Waals surface area (Å²) in [4.78, 5) is 4.31. The normalized spacial score (nSPS) is 16.5. The first kappa shape index (κ1) is 15.1. The summed E-state index contributed by atoms with van der Waals surface area (Å²) in [5, 5.41) is 7.61. The molecule has 1 saturated carbocycles. The van der Waals surface area contributed by atoms with E-state index < -0.39 is 11.7 Å². The van der Waals surface area contributed by atoms with E-state index in [0.29, 0.717) is 6.54 Å². The van der Waals surface area contributed by atoms with Crippen molar-refractivity contribution in [3.05, 3.63) is 65.6 Å². The molecule has 24 heavy (non-hydrogen) atoms. The van der Waals surface area contributed by atoms with Crippen LogP contribution in [0, 0.1) is 0 Å². The van der Waals surface area contributed by atoms with Crippen molar-refractivity contribution in [2.24, 2.45) is 0 Å². The number of rotatable bonds is 4. The van der Waals surface area contributed by atoms with Gasteiger partial charge >= 0.3 is 6.18 Å². The molecule has 3 aromatic rings. The molecule has 0 amide bonds. The fraction of sp³-hybridized carbons (Fsp3) is 0.294. The van der Waals surface area contributed by atoms with E-state index in [1.165, 1.54) is 0 Å². The summed E-state index contributed by atoms with van der Waals surface area (Å²) in [6, 6.07) is 7.25. The highest BCUT2D eigenvalue weighted by atomic mass is 19.4. The molecule has 4 nitrogen and oxygen atoms in total. The Kier molecular flexibility index (Phi) is 3.35. The molecule has 7 heteroatoms. The number of nitrogens with one attached hydrogen (secondary N) is 1. The number of fused-ring (bicyclic) bond motifs is 1. The lowest BCUT2D eigenvalue weighted by Gasteiger charge is -2.19. The molecule has 0 saturated heterocycles. The van der Waals surface area contributed by atoms with Crippen LogP contribution in [0.5, 0.6) is 0 Å². The maximum Gasteiger partial charge on any atom is 0.416 e. The molecule has 0 aliphatic heterocycles. The third kappa shape index (κ3) is 2.75. The van der Waals surface area contributed by atoms with Crippen LogP contribution in [0.3, 0.4) is 0 Å². The van der Waals surface area contributed by atoms with Crippen LogP contribution in [0.25, 0.3) is 5.65 Å². The van der Waals surface area contributed by atoms with Crippen molar-refractivity contribution in [3.8, 4) is 0 Å². The second-order valence-electron chi connectivity index (χ2n) is 6.11. The molecule has 0 radical (unpaired) electrons. The Hall–Kier alpha value is -2.41. The van der Waals surface area contributed by atoms with Gasteiger partial charge in [0.15, 0.2) is 5.65 Å². The first-order valence-electron chi connectivity index (χ1n) is 7.67. The van der Waals surface area contributed by atoms with E-state index in [2.05, 4.69) is 15.4 Å². The smallest absolute Gasteiger partial charge is 0.303 e. The summed E-state index contributed by atoms with van der Waals surface area (Å²) in [5.74, 6) is 0. The van der Waals surface area contributed by atoms with Crippen LogP contribution in [0.15, 0.2) is 48.9 Å². The monoisotopic (exact) mass is 332 g/mol. The average Bonchev–Trinajstić information content (AvgIpc) is 3.22. The van der Waals surface area contributed by atoms with E-state index in [0.717, 1.165) is 41.7 Å². The second-order valence-corrected chi connectivity index (χ2v) is 6.11. The molecule has 2 heterocycles. The third-order valence-corrected chi connectivity index (χ3v) is 4.45. The van der Waals surface area contributed by atoms with Crippen molar-refractivity contribution in [3.63, 3.8) is 0 Å². The van der Waals surface area contributed by atoms with Crippen molar-refractivity contribution < 1.29 is 13.2 Å².